The lowest BCUT2D eigenvalue weighted by molar-refractivity contribution is -0.139. The number of rotatable bonds is 5. The Kier molecular flexibility index (Phi) is 4.77. The van der Waals surface area contributed by atoms with Gasteiger partial charge in [0.25, 0.3) is 0 Å². The summed E-state index contributed by atoms with van der Waals surface area (Å²) in [5, 5.41) is 2.77. The van der Waals surface area contributed by atoms with Gasteiger partial charge in [-0.1, -0.05) is 0 Å². The van der Waals surface area contributed by atoms with E-state index in [4.69, 9.17) is 32.7 Å². The average Bonchev–Trinajstić information content (AvgIpc) is 3.11. The first-order valence-electron chi connectivity index (χ1n) is 8.13. The molecule has 6 nitrogen and oxygen atoms in total. The molecule has 0 bridgehead atoms. The first kappa shape index (κ1) is 18.1. The highest BCUT2D eigenvalue weighted by Crippen LogP contribution is 2.64. The minimum atomic E-state index is -1.05. The molecule has 1 aromatic carbocycles. The Balaban J connectivity index is 1.62. The van der Waals surface area contributed by atoms with Gasteiger partial charge in [0.15, 0.2) is 11.5 Å². The molecule has 2 amide bonds. The molecule has 1 aliphatic heterocycles. The topological polar surface area (TPSA) is 67.9 Å². The van der Waals surface area contributed by atoms with Crippen LogP contribution in [0, 0.1) is 5.41 Å². The summed E-state index contributed by atoms with van der Waals surface area (Å²) in [6, 6.07) is 5.18. The van der Waals surface area contributed by atoms with Crippen LogP contribution in [0.4, 0.5) is 5.69 Å². The van der Waals surface area contributed by atoms with Gasteiger partial charge in [-0.25, -0.2) is 0 Å². The Bertz CT molecular complexity index is 710. The van der Waals surface area contributed by atoms with Crippen LogP contribution in [0.25, 0.3) is 0 Å². The lowest BCUT2D eigenvalue weighted by Gasteiger charge is -2.25. The van der Waals surface area contributed by atoms with Gasteiger partial charge in [0.2, 0.25) is 11.8 Å². The fourth-order valence-electron chi connectivity index (χ4n) is 2.80. The first-order valence-corrected chi connectivity index (χ1v) is 8.89. The number of amides is 2. The predicted molar refractivity (Wildman–Crippen MR) is 95.5 cm³/mol. The fourth-order valence-corrected chi connectivity index (χ4v) is 3.50. The van der Waals surface area contributed by atoms with Crippen LogP contribution >= 0.6 is 23.2 Å². The monoisotopic (exact) mass is 386 g/mol. The van der Waals surface area contributed by atoms with Gasteiger partial charge in [-0.05, 0) is 32.4 Å². The summed E-state index contributed by atoms with van der Waals surface area (Å²) in [6.07, 6.45) is 0.391. The number of anilines is 1. The molecule has 3 rings (SSSR count). The summed E-state index contributed by atoms with van der Waals surface area (Å²) in [4.78, 5) is 26.4. The third kappa shape index (κ3) is 3.51. The normalized spacial score (nSPS) is 22.9. The highest BCUT2D eigenvalue weighted by Gasteiger charge is 2.68. The van der Waals surface area contributed by atoms with Crippen molar-refractivity contribution in [1.82, 2.24) is 4.90 Å². The molecule has 8 heteroatoms. The molecule has 1 saturated carbocycles. The molecule has 1 atom stereocenters. The number of alkyl halides is 2. The van der Waals surface area contributed by atoms with E-state index < -0.39 is 9.75 Å². The van der Waals surface area contributed by atoms with Gasteiger partial charge < -0.3 is 19.7 Å². The number of benzene rings is 1. The van der Waals surface area contributed by atoms with Crippen molar-refractivity contribution in [2.75, 3.05) is 31.6 Å². The molecule has 1 N–H and O–H groups in total. The summed E-state index contributed by atoms with van der Waals surface area (Å²) in [7, 11) is 0. The van der Waals surface area contributed by atoms with Crippen molar-refractivity contribution >= 4 is 40.7 Å². The Morgan fingerprint density at radius 2 is 1.88 bits per heavy atom. The van der Waals surface area contributed by atoms with Crippen LogP contribution in [0.1, 0.15) is 20.3 Å². The molecular weight excluding hydrogens is 367 g/mol. The van der Waals surface area contributed by atoms with E-state index in [-0.39, 0.29) is 18.4 Å². The van der Waals surface area contributed by atoms with Crippen LogP contribution in [0.5, 0.6) is 11.5 Å². The quantitative estimate of drug-likeness (QED) is 0.789. The number of nitrogens with one attached hydrogen (secondary N) is 1. The highest BCUT2D eigenvalue weighted by atomic mass is 35.5. The van der Waals surface area contributed by atoms with E-state index in [0.717, 1.165) is 0 Å². The van der Waals surface area contributed by atoms with Gasteiger partial charge >= 0.3 is 0 Å². The van der Waals surface area contributed by atoms with Crippen LogP contribution in [0.3, 0.4) is 0 Å². The van der Waals surface area contributed by atoms with Crippen molar-refractivity contribution in [3.63, 3.8) is 0 Å². The molecule has 0 aromatic heterocycles. The van der Waals surface area contributed by atoms with Crippen LogP contribution in [0.2, 0.25) is 0 Å². The van der Waals surface area contributed by atoms with Crippen LogP contribution in [-0.2, 0) is 9.59 Å². The Morgan fingerprint density at radius 1 is 1.24 bits per heavy atom. The summed E-state index contributed by atoms with van der Waals surface area (Å²) < 4.78 is 9.89. The number of hydrogen-bond acceptors (Lipinski definition) is 4. The molecule has 1 unspecified atom stereocenters. The number of carbonyl (C=O) groups excluding carboxylic acids is 2. The summed E-state index contributed by atoms with van der Waals surface area (Å²) >= 11 is 12.1. The van der Waals surface area contributed by atoms with E-state index in [1.807, 2.05) is 6.92 Å². The summed E-state index contributed by atoms with van der Waals surface area (Å²) in [5.41, 5.74) is -0.247. The number of ether oxygens (including phenoxy) is 2. The molecule has 0 spiro atoms. The minimum absolute atomic E-state index is 0.0662. The zero-order chi connectivity index (χ0) is 18.2. The molecule has 1 fully saturated rings. The Labute approximate surface area is 156 Å². The number of halogens is 2. The predicted octanol–water partition coefficient (Wildman–Crippen LogP) is 2.83. The van der Waals surface area contributed by atoms with Crippen molar-refractivity contribution in [1.29, 1.82) is 0 Å². The molecule has 1 heterocycles. The van der Waals surface area contributed by atoms with E-state index in [9.17, 15) is 9.59 Å². The molecule has 25 heavy (non-hydrogen) atoms. The largest absolute Gasteiger partial charge is 0.486 e. The van der Waals surface area contributed by atoms with Crippen molar-refractivity contribution in [3.05, 3.63) is 18.2 Å². The van der Waals surface area contributed by atoms with E-state index >= 15 is 0 Å². The van der Waals surface area contributed by atoms with Crippen LogP contribution in [-0.4, -0.2) is 47.4 Å². The van der Waals surface area contributed by atoms with Gasteiger partial charge in [-0.2, -0.15) is 0 Å². The second-order valence-corrected chi connectivity index (χ2v) is 7.92. The lowest BCUT2D eigenvalue weighted by atomic mass is 10.1. The van der Waals surface area contributed by atoms with Gasteiger partial charge in [0.1, 0.15) is 17.5 Å². The second-order valence-electron chi connectivity index (χ2n) is 6.44. The maximum atomic E-state index is 12.6. The Morgan fingerprint density at radius 3 is 2.48 bits per heavy atom. The molecule has 2 aliphatic rings. The van der Waals surface area contributed by atoms with Crippen LogP contribution in [0.15, 0.2) is 18.2 Å². The zero-order valence-corrected chi connectivity index (χ0v) is 15.6. The van der Waals surface area contributed by atoms with E-state index in [1.165, 1.54) is 4.90 Å². The molecule has 1 aromatic rings. The van der Waals surface area contributed by atoms with Gasteiger partial charge in [-0.3, -0.25) is 9.59 Å². The number of likely N-dealkylation sites (N-methyl/N-ethyl adjacent to an activating group) is 1. The van der Waals surface area contributed by atoms with E-state index in [1.54, 1.807) is 25.1 Å². The number of fused-ring (bicyclic) bond motifs is 1. The molecule has 1 aliphatic carbocycles. The van der Waals surface area contributed by atoms with Crippen molar-refractivity contribution in [3.8, 4) is 11.5 Å². The first-order chi connectivity index (χ1) is 11.8. The molecule has 0 radical (unpaired) electrons. The summed E-state index contributed by atoms with van der Waals surface area (Å²) in [5.74, 6) is 0.729. The smallest absolute Gasteiger partial charge is 0.243 e. The van der Waals surface area contributed by atoms with Crippen LogP contribution < -0.4 is 14.8 Å². The second kappa shape index (κ2) is 6.57. The van der Waals surface area contributed by atoms with Crippen molar-refractivity contribution < 1.29 is 19.1 Å². The molecule has 136 valence electrons. The van der Waals surface area contributed by atoms with E-state index in [2.05, 4.69) is 5.32 Å². The zero-order valence-electron chi connectivity index (χ0n) is 14.1. The minimum Gasteiger partial charge on any atom is -0.486 e. The molecule has 0 saturated heterocycles. The number of hydrogen-bond donors (Lipinski definition) is 1. The lowest BCUT2D eigenvalue weighted by Crippen LogP contribution is -2.42. The van der Waals surface area contributed by atoms with Gasteiger partial charge in [-0.15, -0.1) is 23.2 Å². The third-order valence-corrected chi connectivity index (χ3v) is 5.66. The Hall–Kier alpha value is -1.66. The van der Waals surface area contributed by atoms with Gasteiger partial charge in [0.05, 0.1) is 12.0 Å². The third-order valence-electron chi connectivity index (χ3n) is 4.56. The van der Waals surface area contributed by atoms with Gasteiger partial charge in [0, 0.05) is 18.3 Å². The van der Waals surface area contributed by atoms with Crippen molar-refractivity contribution in [2.45, 2.75) is 24.6 Å². The average molecular weight is 387 g/mol. The maximum Gasteiger partial charge on any atom is 0.243 e. The standard InChI is InChI=1S/C17H20Cl2N2O4/c1-3-21(15(23)16(2)10-17(16,18)19)9-14(22)20-11-4-5-12-13(8-11)25-7-6-24-12/h4-5,8H,3,6-7,9-10H2,1-2H3,(H,20,22). The van der Waals surface area contributed by atoms with E-state index in [0.29, 0.717) is 43.4 Å². The van der Waals surface area contributed by atoms with Crippen molar-refractivity contribution in [2.24, 2.45) is 5.41 Å². The fraction of sp³-hybridized carbons (Fsp3) is 0.529. The summed E-state index contributed by atoms with van der Waals surface area (Å²) in [6.45, 7) is 4.84. The number of nitrogens with zero attached hydrogens (tertiary/aromatic N) is 1. The molecular formula is C17H20Cl2N2O4. The SMILES string of the molecule is CCN(CC(=O)Nc1ccc2c(c1)OCCO2)C(=O)C1(C)CC1(Cl)Cl. The highest BCUT2D eigenvalue weighted by molar-refractivity contribution is 6.53. The number of carbonyl (C=O) groups is 2. The maximum absolute atomic E-state index is 12.6.